The summed E-state index contributed by atoms with van der Waals surface area (Å²) in [6, 6.07) is 4.95. The summed E-state index contributed by atoms with van der Waals surface area (Å²) in [6.45, 7) is 0.235. The van der Waals surface area contributed by atoms with E-state index < -0.39 is 22.3 Å². The van der Waals surface area contributed by atoms with Gasteiger partial charge in [0.2, 0.25) is 0 Å². The molecule has 0 radical (unpaired) electrons. The van der Waals surface area contributed by atoms with Crippen LogP contribution in [0.25, 0.3) is 0 Å². The molecule has 0 atom stereocenters. The molecule has 1 amide bonds. The predicted octanol–water partition coefficient (Wildman–Crippen LogP) is 5.66. The van der Waals surface area contributed by atoms with Crippen LogP contribution >= 0.6 is 50.7 Å². The Kier molecular flexibility index (Phi) is 6.19. The average molecular weight is 532 g/mol. The maximum atomic E-state index is 13.0. The van der Waals surface area contributed by atoms with E-state index >= 15 is 0 Å². The van der Waals surface area contributed by atoms with Gasteiger partial charge in [0, 0.05) is 23.3 Å². The van der Waals surface area contributed by atoms with Gasteiger partial charge >= 0.3 is 6.18 Å². The maximum Gasteiger partial charge on any atom is 0.436 e. The Morgan fingerprint density at radius 1 is 1.21 bits per heavy atom. The van der Waals surface area contributed by atoms with Crippen LogP contribution in [0.4, 0.5) is 19.0 Å². The van der Waals surface area contributed by atoms with Crippen LogP contribution in [0.5, 0.6) is 0 Å². The summed E-state index contributed by atoms with van der Waals surface area (Å²) in [5, 5.41) is 10.9. The van der Waals surface area contributed by atoms with E-state index in [4.69, 9.17) is 34.8 Å². The second-order valence-corrected chi connectivity index (χ2v) is 7.89. The van der Waals surface area contributed by atoms with Crippen LogP contribution in [0.15, 0.2) is 28.9 Å². The molecule has 3 aromatic rings. The molecule has 0 spiro atoms. The number of benzene rings is 1. The first-order valence-corrected chi connectivity index (χ1v) is 9.68. The highest BCUT2D eigenvalue weighted by Crippen LogP contribution is 2.36. The van der Waals surface area contributed by atoms with E-state index in [-0.39, 0.29) is 23.1 Å². The summed E-state index contributed by atoms with van der Waals surface area (Å²) in [7, 11) is 1.22. The third kappa shape index (κ3) is 4.71. The van der Waals surface area contributed by atoms with Crippen molar-refractivity contribution >= 4 is 62.5 Å². The molecule has 0 bridgehead atoms. The molecule has 0 aliphatic carbocycles. The zero-order valence-electron chi connectivity index (χ0n) is 14.4. The lowest BCUT2D eigenvalue weighted by atomic mass is 10.2. The van der Waals surface area contributed by atoms with Gasteiger partial charge in [-0.15, -0.1) is 0 Å². The lowest BCUT2D eigenvalue weighted by Crippen LogP contribution is -2.17. The van der Waals surface area contributed by atoms with Gasteiger partial charge in [0.05, 0.1) is 11.0 Å². The Morgan fingerprint density at radius 3 is 2.48 bits per heavy atom. The average Bonchev–Trinajstić information content (AvgIpc) is 3.09. The highest BCUT2D eigenvalue weighted by atomic mass is 79.9. The van der Waals surface area contributed by atoms with Gasteiger partial charge in [-0.05, 0) is 33.6 Å². The molecule has 2 aromatic heterocycles. The highest BCUT2D eigenvalue weighted by molar-refractivity contribution is 9.10. The molecule has 13 heteroatoms. The molecule has 0 aliphatic rings. The molecule has 0 aliphatic heterocycles. The number of nitrogens with zero attached hydrogens (tertiary/aromatic N) is 4. The van der Waals surface area contributed by atoms with Crippen LogP contribution in [0.3, 0.4) is 0 Å². The summed E-state index contributed by atoms with van der Waals surface area (Å²) >= 11 is 20.9. The normalized spacial score (nSPS) is 11.7. The lowest BCUT2D eigenvalue weighted by Gasteiger charge is -2.06. The van der Waals surface area contributed by atoms with Gasteiger partial charge in [0.25, 0.3) is 5.91 Å². The van der Waals surface area contributed by atoms with E-state index in [0.717, 1.165) is 4.68 Å². The predicted molar refractivity (Wildman–Crippen MR) is 107 cm³/mol. The molecule has 0 saturated heterocycles. The van der Waals surface area contributed by atoms with Gasteiger partial charge < -0.3 is 5.32 Å². The quantitative estimate of drug-likeness (QED) is 0.473. The SMILES string of the molecule is Cn1nc(C(F)(F)F)c(Br)c1C(=O)Nc1nn(Cc2ccc(Cl)cc2Cl)cc1Cl. The minimum Gasteiger partial charge on any atom is -0.302 e. The van der Waals surface area contributed by atoms with E-state index in [2.05, 4.69) is 31.4 Å². The molecule has 3 rings (SSSR count). The van der Waals surface area contributed by atoms with Crippen LogP contribution in [0.2, 0.25) is 15.1 Å². The molecular weight excluding hydrogens is 521 g/mol. The number of carbonyl (C=O) groups is 1. The molecule has 0 saturated carbocycles. The molecule has 1 aromatic carbocycles. The van der Waals surface area contributed by atoms with Gasteiger partial charge in [-0.25, -0.2) is 0 Å². The number of anilines is 1. The zero-order valence-corrected chi connectivity index (χ0v) is 18.2. The number of hydrogen-bond donors (Lipinski definition) is 1. The largest absolute Gasteiger partial charge is 0.436 e. The first-order chi connectivity index (χ1) is 13.5. The van der Waals surface area contributed by atoms with Crippen molar-refractivity contribution < 1.29 is 18.0 Å². The van der Waals surface area contributed by atoms with Crippen molar-refractivity contribution in [3.63, 3.8) is 0 Å². The molecular formula is C16H10BrCl3F3N5O. The van der Waals surface area contributed by atoms with Gasteiger partial charge in [0.1, 0.15) is 10.7 Å². The van der Waals surface area contributed by atoms with Crippen molar-refractivity contribution in [3.05, 3.63) is 60.9 Å². The van der Waals surface area contributed by atoms with Crippen LogP contribution in [-0.4, -0.2) is 25.5 Å². The second-order valence-electron chi connectivity index (χ2n) is 5.85. The summed E-state index contributed by atoms with van der Waals surface area (Å²) in [4.78, 5) is 12.5. The van der Waals surface area contributed by atoms with E-state index in [1.165, 1.54) is 17.9 Å². The lowest BCUT2D eigenvalue weighted by molar-refractivity contribution is -0.142. The van der Waals surface area contributed by atoms with Crippen molar-refractivity contribution in [1.29, 1.82) is 0 Å². The van der Waals surface area contributed by atoms with Gasteiger partial charge in [0.15, 0.2) is 11.5 Å². The number of rotatable bonds is 4. The number of alkyl halides is 3. The first-order valence-electron chi connectivity index (χ1n) is 7.75. The van der Waals surface area contributed by atoms with E-state index in [0.29, 0.717) is 15.6 Å². The topological polar surface area (TPSA) is 64.7 Å². The van der Waals surface area contributed by atoms with Crippen molar-refractivity contribution in [2.45, 2.75) is 12.7 Å². The number of amides is 1. The Balaban J connectivity index is 1.83. The number of aryl methyl sites for hydroxylation is 1. The van der Waals surface area contributed by atoms with Gasteiger partial charge in [-0.2, -0.15) is 23.4 Å². The molecule has 6 nitrogen and oxygen atoms in total. The minimum atomic E-state index is -4.72. The molecule has 0 unspecified atom stereocenters. The van der Waals surface area contributed by atoms with Crippen LogP contribution in [-0.2, 0) is 19.8 Å². The fourth-order valence-electron chi connectivity index (χ4n) is 2.48. The third-order valence-electron chi connectivity index (χ3n) is 3.77. The van der Waals surface area contributed by atoms with Gasteiger partial charge in [-0.1, -0.05) is 40.9 Å². The number of hydrogen-bond acceptors (Lipinski definition) is 3. The van der Waals surface area contributed by atoms with E-state index in [9.17, 15) is 18.0 Å². The highest BCUT2D eigenvalue weighted by Gasteiger charge is 2.39. The molecule has 0 fully saturated rings. The van der Waals surface area contributed by atoms with Crippen LogP contribution in [0, 0.1) is 0 Å². The third-order valence-corrected chi connectivity index (χ3v) is 5.38. The van der Waals surface area contributed by atoms with Crippen molar-refractivity contribution in [3.8, 4) is 0 Å². The first kappa shape index (κ1) is 21.9. The number of aromatic nitrogens is 4. The number of nitrogens with one attached hydrogen (secondary N) is 1. The van der Waals surface area contributed by atoms with Crippen molar-refractivity contribution in [2.75, 3.05) is 5.32 Å². The molecule has 2 heterocycles. The summed E-state index contributed by atoms with van der Waals surface area (Å²) in [5.74, 6) is -0.887. The molecule has 29 heavy (non-hydrogen) atoms. The smallest absolute Gasteiger partial charge is 0.302 e. The molecule has 154 valence electrons. The second kappa shape index (κ2) is 8.17. The van der Waals surface area contributed by atoms with Crippen LogP contribution < -0.4 is 5.32 Å². The van der Waals surface area contributed by atoms with E-state index in [1.54, 1.807) is 18.2 Å². The standard InChI is InChI=1S/C16H10BrCl3F3N5O/c1-27-12(11(17)13(25-27)16(21,22)23)15(29)24-14-10(20)6-28(26-14)5-7-2-3-8(18)4-9(7)19/h2-4,6H,5H2,1H3,(H,24,26,29). The summed E-state index contributed by atoms with van der Waals surface area (Å²) in [5.41, 5.74) is -0.833. The van der Waals surface area contributed by atoms with E-state index in [1.807, 2.05) is 0 Å². The number of carbonyl (C=O) groups excluding carboxylic acids is 1. The Hall–Kier alpha value is -1.75. The van der Waals surface area contributed by atoms with Crippen molar-refractivity contribution in [2.24, 2.45) is 7.05 Å². The summed E-state index contributed by atoms with van der Waals surface area (Å²) < 4.78 is 40.7. The van der Waals surface area contributed by atoms with Crippen LogP contribution in [0.1, 0.15) is 21.7 Å². The minimum absolute atomic E-state index is 0.0246. The molecule has 1 N–H and O–H groups in total. The Labute approximate surface area is 185 Å². The summed E-state index contributed by atoms with van der Waals surface area (Å²) in [6.07, 6.45) is -3.27. The Bertz CT molecular complexity index is 1100. The fourth-order valence-corrected chi connectivity index (χ4v) is 3.89. The Morgan fingerprint density at radius 2 is 1.90 bits per heavy atom. The zero-order chi connectivity index (χ0) is 21.5. The number of halogens is 7. The van der Waals surface area contributed by atoms with Gasteiger partial charge in [-0.3, -0.25) is 14.2 Å². The maximum absolute atomic E-state index is 13.0. The fraction of sp³-hybridized carbons (Fsp3) is 0.188. The van der Waals surface area contributed by atoms with Crippen molar-refractivity contribution in [1.82, 2.24) is 19.6 Å². The monoisotopic (exact) mass is 529 g/mol.